The van der Waals surface area contributed by atoms with Gasteiger partial charge in [0.25, 0.3) is 0 Å². The van der Waals surface area contributed by atoms with Gasteiger partial charge in [-0.05, 0) is 70.0 Å². The molecule has 0 spiro atoms. The Morgan fingerprint density at radius 1 is 1.33 bits per heavy atom. The van der Waals surface area contributed by atoms with Crippen LogP contribution in [0.1, 0.15) is 64.8 Å². The van der Waals surface area contributed by atoms with Crippen LogP contribution in [-0.4, -0.2) is 34.0 Å². The summed E-state index contributed by atoms with van der Waals surface area (Å²) in [5, 5.41) is 0. The van der Waals surface area contributed by atoms with E-state index in [-0.39, 0.29) is 17.9 Å². The maximum atomic E-state index is 12.9. The van der Waals surface area contributed by atoms with Crippen molar-refractivity contribution in [1.29, 1.82) is 0 Å². The Morgan fingerprint density at radius 2 is 2.08 bits per heavy atom. The number of fused-ring (bicyclic) bond motifs is 3. The SMILES string of the molecule is CC(C)[C@@H](C(=O)OC(C)(C)C)N1CC[C@H]2CCc3ncccc3[C@H]21. The third kappa shape index (κ3) is 3.34. The van der Waals surface area contributed by atoms with Gasteiger partial charge < -0.3 is 4.74 Å². The van der Waals surface area contributed by atoms with Crippen LogP contribution in [0.25, 0.3) is 0 Å². The van der Waals surface area contributed by atoms with Crippen LogP contribution in [0.4, 0.5) is 0 Å². The van der Waals surface area contributed by atoms with Gasteiger partial charge in [0.2, 0.25) is 0 Å². The third-order valence-corrected chi connectivity index (χ3v) is 5.19. The Kier molecular flexibility index (Phi) is 4.69. The van der Waals surface area contributed by atoms with Crippen LogP contribution >= 0.6 is 0 Å². The molecular formula is C20H30N2O2. The number of carbonyl (C=O) groups is 1. The lowest BCUT2D eigenvalue weighted by molar-refractivity contribution is -0.164. The maximum absolute atomic E-state index is 12.9. The predicted octanol–water partition coefficient (Wildman–Crippen LogP) is 3.76. The molecule has 2 heterocycles. The zero-order valence-electron chi connectivity index (χ0n) is 15.6. The Balaban J connectivity index is 1.91. The molecule has 132 valence electrons. The van der Waals surface area contributed by atoms with Crippen molar-refractivity contribution < 1.29 is 9.53 Å². The molecule has 3 rings (SSSR count). The monoisotopic (exact) mass is 330 g/mol. The van der Waals surface area contributed by atoms with Crippen LogP contribution in [-0.2, 0) is 16.0 Å². The molecule has 0 aromatic carbocycles. The Bertz CT molecular complexity index is 606. The molecule has 0 amide bonds. The first-order chi connectivity index (χ1) is 11.3. The lowest BCUT2D eigenvalue weighted by Crippen LogP contribution is -2.48. The molecular weight excluding hydrogens is 300 g/mol. The fourth-order valence-corrected chi connectivity index (χ4v) is 4.33. The highest BCUT2D eigenvalue weighted by Crippen LogP contribution is 2.46. The van der Waals surface area contributed by atoms with Gasteiger partial charge in [0.1, 0.15) is 11.6 Å². The first kappa shape index (κ1) is 17.4. The minimum atomic E-state index is -0.449. The minimum Gasteiger partial charge on any atom is -0.459 e. The minimum absolute atomic E-state index is 0.0887. The fraction of sp³-hybridized carbons (Fsp3) is 0.700. The number of aromatic nitrogens is 1. The molecule has 0 saturated carbocycles. The maximum Gasteiger partial charge on any atom is 0.324 e. The summed E-state index contributed by atoms with van der Waals surface area (Å²) >= 11 is 0. The van der Waals surface area contributed by atoms with Gasteiger partial charge in [-0.1, -0.05) is 19.9 Å². The van der Waals surface area contributed by atoms with Gasteiger partial charge in [-0.2, -0.15) is 0 Å². The van der Waals surface area contributed by atoms with E-state index in [1.165, 1.54) is 17.7 Å². The number of aryl methyl sites for hydroxylation is 1. The van der Waals surface area contributed by atoms with E-state index < -0.39 is 5.60 Å². The molecule has 1 aromatic heterocycles. The normalized spacial score (nSPS) is 25.2. The number of likely N-dealkylation sites (tertiary alicyclic amines) is 1. The van der Waals surface area contributed by atoms with E-state index in [1.807, 2.05) is 33.0 Å². The lowest BCUT2D eigenvalue weighted by Gasteiger charge is -2.39. The van der Waals surface area contributed by atoms with Gasteiger partial charge in [0.05, 0.1) is 0 Å². The number of esters is 1. The Labute approximate surface area is 145 Å². The van der Waals surface area contributed by atoms with Crippen molar-refractivity contribution in [2.24, 2.45) is 11.8 Å². The van der Waals surface area contributed by atoms with E-state index in [1.54, 1.807) is 0 Å². The van der Waals surface area contributed by atoms with Gasteiger partial charge in [0, 0.05) is 17.9 Å². The molecule has 1 aliphatic carbocycles. The second-order valence-corrected chi connectivity index (χ2v) is 8.53. The van der Waals surface area contributed by atoms with Crippen LogP contribution in [0.15, 0.2) is 18.3 Å². The first-order valence-electron chi connectivity index (χ1n) is 9.20. The molecule has 0 bridgehead atoms. The average Bonchev–Trinajstić information content (AvgIpc) is 2.89. The first-order valence-corrected chi connectivity index (χ1v) is 9.20. The second kappa shape index (κ2) is 6.47. The van der Waals surface area contributed by atoms with Crippen molar-refractivity contribution in [1.82, 2.24) is 9.88 Å². The van der Waals surface area contributed by atoms with Crippen molar-refractivity contribution in [3.63, 3.8) is 0 Å². The molecule has 0 unspecified atom stereocenters. The summed E-state index contributed by atoms with van der Waals surface area (Å²) in [6.45, 7) is 11.0. The van der Waals surface area contributed by atoms with E-state index in [9.17, 15) is 4.79 Å². The van der Waals surface area contributed by atoms with Gasteiger partial charge in [-0.25, -0.2) is 0 Å². The molecule has 0 N–H and O–H groups in total. The van der Waals surface area contributed by atoms with E-state index in [2.05, 4.69) is 29.8 Å². The smallest absolute Gasteiger partial charge is 0.324 e. The molecule has 4 heteroatoms. The number of ether oxygens (including phenoxy) is 1. The largest absolute Gasteiger partial charge is 0.459 e. The van der Waals surface area contributed by atoms with Crippen molar-refractivity contribution >= 4 is 5.97 Å². The van der Waals surface area contributed by atoms with Gasteiger partial charge in [-0.15, -0.1) is 0 Å². The zero-order chi connectivity index (χ0) is 17.5. The van der Waals surface area contributed by atoms with Gasteiger partial charge >= 0.3 is 5.97 Å². The fourth-order valence-electron chi connectivity index (χ4n) is 4.33. The van der Waals surface area contributed by atoms with Crippen molar-refractivity contribution in [2.75, 3.05) is 6.54 Å². The molecule has 1 aromatic rings. The number of pyridine rings is 1. The van der Waals surface area contributed by atoms with Crippen LogP contribution in [0, 0.1) is 11.8 Å². The summed E-state index contributed by atoms with van der Waals surface area (Å²) in [4.78, 5) is 19.9. The summed E-state index contributed by atoms with van der Waals surface area (Å²) in [7, 11) is 0. The predicted molar refractivity (Wildman–Crippen MR) is 94.6 cm³/mol. The number of hydrogen-bond donors (Lipinski definition) is 0. The van der Waals surface area contributed by atoms with Crippen molar-refractivity contribution in [3.05, 3.63) is 29.6 Å². The topological polar surface area (TPSA) is 42.4 Å². The second-order valence-electron chi connectivity index (χ2n) is 8.53. The van der Waals surface area contributed by atoms with Gasteiger partial charge in [-0.3, -0.25) is 14.7 Å². The lowest BCUT2D eigenvalue weighted by atomic mass is 9.82. The summed E-state index contributed by atoms with van der Waals surface area (Å²) in [6.07, 6.45) is 5.27. The standard InChI is InChI=1S/C20H30N2O2/c1-13(2)17(19(23)24-20(3,4)5)22-12-10-14-8-9-16-15(18(14)22)7-6-11-21-16/h6-7,11,13-14,17-18H,8-10,12H2,1-5H3/t14-,17+,18+/m1/s1. The Morgan fingerprint density at radius 3 is 2.75 bits per heavy atom. The number of nitrogens with zero attached hydrogens (tertiary/aromatic N) is 2. The Hall–Kier alpha value is -1.42. The summed E-state index contributed by atoms with van der Waals surface area (Å²) in [5.74, 6) is 0.764. The van der Waals surface area contributed by atoms with E-state index in [0.29, 0.717) is 12.0 Å². The summed E-state index contributed by atoms with van der Waals surface area (Å²) < 4.78 is 5.75. The van der Waals surface area contributed by atoms with E-state index in [0.717, 1.165) is 19.4 Å². The van der Waals surface area contributed by atoms with Crippen LogP contribution in [0.3, 0.4) is 0 Å². The zero-order valence-corrected chi connectivity index (χ0v) is 15.6. The van der Waals surface area contributed by atoms with Crippen LogP contribution in [0.2, 0.25) is 0 Å². The number of rotatable bonds is 3. The van der Waals surface area contributed by atoms with E-state index in [4.69, 9.17) is 4.74 Å². The third-order valence-electron chi connectivity index (χ3n) is 5.19. The van der Waals surface area contributed by atoms with Gasteiger partial charge in [0.15, 0.2) is 0 Å². The molecule has 1 fully saturated rings. The van der Waals surface area contributed by atoms with Crippen LogP contribution < -0.4 is 0 Å². The molecule has 3 atom stereocenters. The number of carbonyl (C=O) groups excluding carboxylic acids is 1. The molecule has 2 aliphatic rings. The summed E-state index contributed by atoms with van der Waals surface area (Å²) in [5.41, 5.74) is 2.08. The highest BCUT2D eigenvalue weighted by molar-refractivity contribution is 5.76. The number of hydrogen-bond acceptors (Lipinski definition) is 4. The molecule has 4 nitrogen and oxygen atoms in total. The quantitative estimate of drug-likeness (QED) is 0.792. The van der Waals surface area contributed by atoms with Crippen LogP contribution in [0.5, 0.6) is 0 Å². The highest BCUT2D eigenvalue weighted by atomic mass is 16.6. The average molecular weight is 330 g/mol. The molecule has 0 radical (unpaired) electrons. The molecule has 24 heavy (non-hydrogen) atoms. The molecule has 1 aliphatic heterocycles. The molecule has 1 saturated heterocycles. The summed E-state index contributed by atoms with van der Waals surface area (Å²) in [6, 6.07) is 4.34. The van der Waals surface area contributed by atoms with Crippen molar-refractivity contribution in [2.45, 2.75) is 71.6 Å². The van der Waals surface area contributed by atoms with E-state index >= 15 is 0 Å². The van der Waals surface area contributed by atoms with Crippen molar-refractivity contribution in [3.8, 4) is 0 Å². The highest BCUT2D eigenvalue weighted by Gasteiger charge is 2.45.